The van der Waals surface area contributed by atoms with Crippen molar-refractivity contribution in [1.29, 1.82) is 0 Å². The number of aliphatic carboxylic acids is 1. The largest absolute Gasteiger partial charge is 0.493 e. The molecule has 2 N–H and O–H groups in total. The molecule has 6 heteroatoms. The predicted octanol–water partition coefficient (Wildman–Crippen LogP) is 5.11. The summed E-state index contributed by atoms with van der Waals surface area (Å²) in [5.74, 6) is 0.832. The lowest BCUT2D eigenvalue weighted by atomic mass is 9.87. The van der Waals surface area contributed by atoms with Gasteiger partial charge in [-0.15, -0.1) is 0 Å². The van der Waals surface area contributed by atoms with Crippen LogP contribution in [0, 0.1) is 0 Å². The van der Waals surface area contributed by atoms with Crippen LogP contribution in [-0.2, 0) is 16.6 Å². The normalized spacial score (nSPS) is 12.1. The number of ether oxygens (including phenoxy) is 3. The number of aliphatic hydroxyl groups is 1. The minimum Gasteiger partial charge on any atom is -0.493 e. The molecule has 0 amide bonds. The molecule has 0 spiro atoms. The number of rotatable bonds is 10. The Kier molecular flexibility index (Phi) is 8.18. The Balaban J connectivity index is 1.63. The zero-order chi connectivity index (χ0) is 24.7. The lowest BCUT2D eigenvalue weighted by Gasteiger charge is -2.19. The quantitative estimate of drug-likeness (QED) is 0.434. The molecule has 34 heavy (non-hydrogen) atoms. The Bertz CT molecular complexity index is 1100. The summed E-state index contributed by atoms with van der Waals surface area (Å²) in [5, 5.41) is 19.4. The van der Waals surface area contributed by atoms with Gasteiger partial charge < -0.3 is 24.4 Å². The van der Waals surface area contributed by atoms with Gasteiger partial charge in [0.25, 0.3) is 0 Å². The molecule has 180 valence electrons. The third-order valence-corrected chi connectivity index (χ3v) is 5.37. The van der Waals surface area contributed by atoms with E-state index in [4.69, 9.17) is 19.3 Å². The molecule has 0 saturated heterocycles. The van der Waals surface area contributed by atoms with E-state index in [-0.39, 0.29) is 25.0 Å². The first kappa shape index (κ1) is 25.1. The molecule has 3 aromatic carbocycles. The topological polar surface area (TPSA) is 85.2 Å². The summed E-state index contributed by atoms with van der Waals surface area (Å²) in [7, 11) is 1.55. The van der Waals surface area contributed by atoms with E-state index in [1.807, 2.05) is 54.6 Å². The number of hydrogen-bond acceptors (Lipinski definition) is 5. The average molecular weight is 465 g/mol. The fraction of sp³-hybridized carbons (Fsp3) is 0.321. The molecule has 3 rings (SSSR count). The van der Waals surface area contributed by atoms with E-state index in [0.29, 0.717) is 22.8 Å². The van der Waals surface area contributed by atoms with Gasteiger partial charge in [0.15, 0.2) is 11.5 Å². The Morgan fingerprint density at radius 2 is 1.56 bits per heavy atom. The van der Waals surface area contributed by atoms with Gasteiger partial charge in [-0.2, -0.15) is 0 Å². The van der Waals surface area contributed by atoms with Gasteiger partial charge in [0.2, 0.25) is 0 Å². The number of methoxy groups -OCH3 is 1. The number of carboxylic acid groups (broad SMARTS) is 1. The van der Waals surface area contributed by atoms with Crippen molar-refractivity contribution in [3.05, 3.63) is 77.9 Å². The lowest BCUT2D eigenvalue weighted by Crippen LogP contribution is -2.25. The van der Waals surface area contributed by atoms with Crippen LogP contribution < -0.4 is 14.2 Å². The van der Waals surface area contributed by atoms with E-state index < -0.39 is 12.1 Å². The van der Waals surface area contributed by atoms with Crippen molar-refractivity contribution in [3.8, 4) is 28.4 Å². The van der Waals surface area contributed by atoms with Crippen LogP contribution in [0.3, 0.4) is 0 Å². The van der Waals surface area contributed by atoms with E-state index in [2.05, 4.69) is 20.8 Å². The highest BCUT2D eigenvalue weighted by Gasteiger charge is 2.14. The number of benzene rings is 3. The maximum Gasteiger partial charge on any atom is 0.307 e. The highest BCUT2D eigenvalue weighted by atomic mass is 16.5. The van der Waals surface area contributed by atoms with Crippen molar-refractivity contribution in [2.24, 2.45) is 0 Å². The fourth-order valence-electron chi connectivity index (χ4n) is 3.48. The van der Waals surface area contributed by atoms with Crippen molar-refractivity contribution < 1.29 is 29.2 Å². The summed E-state index contributed by atoms with van der Waals surface area (Å²) in [4.78, 5) is 11.0. The van der Waals surface area contributed by atoms with Gasteiger partial charge in [-0.25, -0.2) is 0 Å². The smallest absolute Gasteiger partial charge is 0.307 e. The molecule has 0 heterocycles. The Morgan fingerprint density at radius 3 is 2.21 bits per heavy atom. The fourth-order valence-corrected chi connectivity index (χ4v) is 3.48. The van der Waals surface area contributed by atoms with Crippen molar-refractivity contribution in [2.45, 2.75) is 38.7 Å². The van der Waals surface area contributed by atoms with Crippen LogP contribution in [-0.4, -0.2) is 42.6 Å². The van der Waals surface area contributed by atoms with E-state index in [1.165, 1.54) is 5.56 Å². The summed E-state index contributed by atoms with van der Waals surface area (Å²) in [6.45, 7) is 6.58. The lowest BCUT2D eigenvalue weighted by molar-refractivity contribution is -0.136. The van der Waals surface area contributed by atoms with Crippen molar-refractivity contribution in [3.63, 3.8) is 0 Å². The third kappa shape index (κ3) is 6.99. The second kappa shape index (κ2) is 11.1. The van der Waals surface area contributed by atoms with Crippen LogP contribution >= 0.6 is 0 Å². The van der Waals surface area contributed by atoms with Gasteiger partial charge in [-0.05, 0) is 51.9 Å². The van der Waals surface area contributed by atoms with Gasteiger partial charge in [-0.1, -0.05) is 63.2 Å². The molecule has 0 saturated carbocycles. The summed E-state index contributed by atoms with van der Waals surface area (Å²) in [5.41, 5.74) is 3.72. The van der Waals surface area contributed by atoms with Crippen LogP contribution in [0.1, 0.15) is 31.9 Å². The summed E-state index contributed by atoms with van der Waals surface area (Å²) >= 11 is 0. The Labute approximate surface area is 200 Å². The first-order valence-corrected chi connectivity index (χ1v) is 11.2. The highest BCUT2D eigenvalue weighted by molar-refractivity contribution is 5.73. The molecule has 0 radical (unpaired) electrons. The van der Waals surface area contributed by atoms with Crippen molar-refractivity contribution in [1.82, 2.24) is 0 Å². The molecule has 0 aromatic heterocycles. The van der Waals surface area contributed by atoms with Crippen LogP contribution in [0.5, 0.6) is 17.2 Å². The van der Waals surface area contributed by atoms with E-state index in [1.54, 1.807) is 19.2 Å². The summed E-state index contributed by atoms with van der Waals surface area (Å²) < 4.78 is 17.0. The monoisotopic (exact) mass is 464 g/mol. The van der Waals surface area contributed by atoms with Crippen LogP contribution in [0.4, 0.5) is 0 Å². The molecule has 0 aliphatic carbocycles. The molecular weight excluding hydrogens is 432 g/mol. The number of aliphatic hydroxyl groups excluding tert-OH is 1. The van der Waals surface area contributed by atoms with Gasteiger partial charge in [0, 0.05) is 0 Å². The van der Waals surface area contributed by atoms with E-state index in [9.17, 15) is 9.90 Å². The first-order chi connectivity index (χ1) is 16.2. The van der Waals surface area contributed by atoms with Crippen LogP contribution in [0.15, 0.2) is 66.7 Å². The van der Waals surface area contributed by atoms with Crippen LogP contribution in [0.2, 0.25) is 0 Å². The van der Waals surface area contributed by atoms with Gasteiger partial charge in [0.1, 0.15) is 25.1 Å². The summed E-state index contributed by atoms with van der Waals surface area (Å²) in [6, 6.07) is 20.7. The number of carboxylic acids is 1. The number of carbonyl (C=O) groups is 1. The van der Waals surface area contributed by atoms with E-state index >= 15 is 0 Å². The minimum absolute atomic E-state index is 0.0267. The summed E-state index contributed by atoms with van der Waals surface area (Å²) in [6.07, 6.45) is -0.882. The zero-order valence-corrected chi connectivity index (χ0v) is 20.1. The standard InChI is InChI=1S/C28H32O6/c1-28(2,3)22-9-11-24(12-10-22)33-17-23(29)18-34-26-16-21(8-13-25(26)32-4)20-7-5-6-19(14-20)15-27(30)31/h5-14,16,23,29H,15,17-18H2,1-4H3,(H,30,31). The second-order valence-corrected chi connectivity index (χ2v) is 9.19. The second-order valence-electron chi connectivity index (χ2n) is 9.19. The van der Waals surface area contributed by atoms with Gasteiger partial charge >= 0.3 is 5.97 Å². The molecular formula is C28H32O6. The molecule has 0 fully saturated rings. The molecule has 1 atom stereocenters. The zero-order valence-electron chi connectivity index (χ0n) is 20.1. The van der Waals surface area contributed by atoms with Crippen molar-refractivity contribution in [2.75, 3.05) is 20.3 Å². The van der Waals surface area contributed by atoms with Gasteiger partial charge in [0.05, 0.1) is 13.5 Å². The molecule has 6 nitrogen and oxygen atoms in total. The number of hydrogen-bond donors (Lipinski definition) is 2. The molecule has 0 aliphatic heterocycles. The van der Waals surface area contributed by atoms with Crippen molar-refractivity contribution >= 4 is 5.97 Å². The Morgan fingerprint density at radius 1 is 0.882 bits per heavy atom. The molecule has 0 bridgehead atoms. The Hall–Kier alpha value is -3.51. The minimum atomic E-state index is -0.878. The molecule has 0 aliphatic rings. The molecule has 1 unspecified atom stereocenters. The third-order valence-electron chi connectivity index (χ3n) is 5.37. The highest BCUT2D eigenvalue weighted by Crippen LogP contribution is 2.33. The van der Waals surface area contributed by atoms with Crippen LogP contribution in [0.25, 0.3) is 11.1 Å². The average Bonchev–Trinajstić information content (AvgIpc) is 2.80. The molecule has 3 aromatic rings. The predicted molar refractivity (Wildman–Crippen MR) is 132 cm³/mol. The van der Waals surface area contributed by atoms with Gasteiger partial charge in [-0.3, -0.25) is 4.79 Å². The maximum atomic E-state index is 11.0. The SMILES string of the molecule is COc1ccc(-c2cccc(CC(=O)O)c2)cc1OCC(O)COc1ccc(C(C)(C)C)cc1. The first-order valence-electron chi connectivity index (χ1n) is 11.2. The maximum absolute atomic E-state index is 11.0. The van der Waals surface area contributed by atoms with E-state index in [0.717, 1.165) is 11.1 Å².